The van der Waals surface area contributed by atoms with Crippen molar-refractivity contribution in [1.82, 2.24) is 9.78 Å². The second-order valence-corrected chi connectivity index (χ2v) is 3.08. The molecule has 0 aromatic carbocycles. The molecular formula is C7H10BF3N2O2. The molecule has 0 radical (unpaired) electrons. The van der Waals surface area contributed by atoms with Crippen LogP contribution < -0.4 is 0 Å². The monoisotopic (exact) mass is 222 g/mol. The number of aromatic nitrogens is 2. The fraction of sp³-hybridized carbons (Fsp3) is 0.571. The van der Waals surface area contributed by atoms with Crippen LogP contribution >= 0.6 is 0 Å². The molecule has 0 spiro atoms. The lowest BCUT2D eigenvalue weighted by atomic mass is 9.85. The molecule has 1 aromatic rings. The SMILES string of the molecule is OB(O)CCCn1ccc(C(F)(F)F)n1. The highest BCUT2D eigenvalue weighted by molar-refractivity contribution is 6.40. The number of hydrogen-bond acceptors (Lipinski definition) is 3. The number of hydrogen-bond donors (Lipinski definition) is 2. The summed E-state index contributed by atoms with van der Waals surface area (Å²) >= 11 is 0. The van der Waals surface area contributed by atoms with Gasteiger partial charge in [0.1, 0.15) is 0 Å². The van der Waals surface area contributed by atoms with E-state index in [1.165, 1.54) is 6.20 Å². The summed E-state index contributed by atoms with van der Waals surface area (Å²) in [5, 5.41) is 20.3. The number of nitrogens with zero attached hydrogens (tertiary/aromatic N) is 2. The molecule has 15 heavy (non-hydrogen) atoms. The van der Waals surface area contributed by atoms with E-state index in [1.807, 2.05) is 0 Å². The summed E-state index contributed by atoms with van der Waals surface area (Å²) in [6, 6.07) is 0.884. The lowest BCUT2D eigenvalue weighted by Crippen LogP contribution is -2.12. The van der Waals surface area contributed by atoms with Crippen molar-refractivity contribution in [3.8, 4) is 0 Å². The maximum absolute atomic E-state index is 12.1. The Kier molecular flexibility index (Phi) is 3.75. The highest BCUT2D eigenvalue weighted by Crippen LogP contribution is 2.27. The molecule has 0 fully saturated rings. The van der Waals surface area contributed by atoms with E-state index in [9.17, 15) is 13.2 Å². The fourth-order valence-electron chi connectivity index (χ4n) is 1.07. The van der Waals surface area contributed by atoms with Crippen molar-refractivity contribution in [2.75, 3.05) is 0 Å². The maximum atomic E-state index is 12.1. The summed E-state index contributed by atoms with van der Waals surface area (Å²) in [5.41, 5.74) is -0.938. The fourth-order valence-corrected chi connectivity index (χ4v) is 1.07. The highest BCUT2D eigenvalue weighted by atomic mass is 19.4. The minimum Gasteiger partial charge on any atom is -0.427 e. The van der Waals surface area contributed by atoms with Gasteiger partial charge in [0.05, 0.1) is 0 Å². The smallest absolute Gasteiger partial charge is 0.427 e. The van der Waals surface area contributed by atoms with Gasteiger partial charge in [-0.2, -0.15) is 18.3 Å². The van der Waals surface area contributed by atoms with Crippen molar-refractivity contribution in [1.29, 1.82) is 0 Å². The van der Waals surface area contributed by atoms with E-state index < -0.39 is 19.0 Å². The van der Waals surface area contributed by atoms with Gasteiger partial charge in [-0.05, 0) is 18.8 Å². The molecule has 84 valence electrons. The van der Waals surface area contributed by atoms with Crippen LogP contribution in [0.25, 0.3) is 0 Å². The van der Waals surface area contributed by atoms with Crippen LogP contribution in [-0.4, -0.2) is 26.9 Å². The summed E-state index contributed by atoms with van der Waals surface area (Å²) in [5.74, 6) is 0. The third-order valence-electron chi connectivity index (χ3n) is 1.78. The van der Waals surface area contributed by atoms with Crippen molar-refractivity contribution >= 4 is 7.12 Å². The summed E-state index contributed by atoms with van der Waals surface area (Å²) in [7, 11) is -1.43. The summed E-state index contributed by atoms with van der Waals surface area (Å²) in [6.07, 6.45) is -2.74. The van der Waals surface area contributed by atoms with Crippen LogP contribution in [0.5, 0.6) is 0 Å². The summed E-state index contributed by atoms with van der Waals surface area (Å²) in [6.45, 7) is 0.230. The molecule has 0 aliphatic carbocycles. The van der Waals surface area contributed by atoms with Crippen LogP contribution in [-0.2, 0) is 12.7 Å². The van der Waals surface area contributed by atoms with E-state index in [2.05, 4.69) is 5.10 Å². The Morgan fingerprint density at radius 1 is 1.40 bits per heavy atom. The first-order valence-electron chi connectivity index (χ1n) is 4.36. The zero-order chi connectivity index (χ0) is 11.5. The largest absolute Gasteiger partial charge is 0.451 e. The summed E-state index contributed by atoms with van der Waals surface area (Å²) < 4.78 is 37.4. The number of halogens is 3. The Balaban J connectivity index is 2.47. The molecule has 8 heteroatoms. The van der Waals surface area contributed by atoms with Crippen LogP contribution in [0.15, 0.2) is 12.3 Å². The average molecular weight is 222 g/mol. The molecule has 0 atom stereocenters. The lowest BCUT2D eigenvalue weighted by Gasteiger charge is -2.02. The van der Waals surface area contributed by atoms with Crippen molar-refractivity contribution in [3.05, 3.63) is 18.0 Å². The quantitative estimate of drug-likeness (QED) is 0.739. The van der Waals surface area contributed by atoms with Crippen molar-refractivity contribution in [3.63, 3.8) is 0 Å². The normalized spacial score (nSPS) is 11.8. The molecule has 0 bridgehead atoms. The molecular weight excluding hydrogens is 212 g/mol. The van der Waals surface area contributed by atoms with Gasteiger partial charge < -0.3 is 10.0 Å². The van der Waals surface area contributed by atoms with Crippen LogP contribution in [0.2, 0.25) is 6.32 Å². The first-order chi connectivity index (χ1) is 6.89. The van der Waals surface area contributed by atoms with Crippen molar-refractivity contribution in [2.24, 2.45) is 0 Å². The molecule has 1 heterocycles. The van der Waals surface area contributed by atoms with Gasteiger partial charge in [0.2, 0.25) is 0 Å². The van der Waals surface area contributed by atoms with E-state index >= 15 is 0 Å². The molecule has 0 amide bonds. The first-order valence-corrected chi connectivity index (χ1v) is 4.36. The number of rotatable bonds is 4. The van der Waals surface area contributed by atoms with Gasteiger partial charge in [-0.1, -0.05) is 0 Å². The number of alkyl halides is 3. The molecule has 0 saturated heterocycles. The molecule has 0 unspecified atom stereocenters. The van der Waals surface area contributed by atoms with E-state index in [1.54, 1.807) is 0 Å². The minimum absolute atomic E-state index is 0.112. The molecule has 0 aliphatic rings. The van der Waals surface area contributed by atoms with Gasteiger partial charge in [-0.25, -0.2) is 0 Å². The van der Waals surface area contributed by atoms with Gasteiger partial charge in [0.25, 0.3) is 0 Å². The van der Waals surface area contributed by atoms with Gasteiger partial charge in [0, 0.05) is 12.7 Å². The van der Waals surface area contributed by atoms with Gasteiger partial charge in [-0.15, -0.1) is 0 Å². The third kappa shape index (κ3) is 3.92. The standard InChI is InChI=1S/C7H10BF3N2O2/c9-7(10,11)6-2-5-13(12-6)4-1-3-8(14)15/h2,5,14-15H,1,3-4H2. The molecule has 1 rings (SSSR count). The molecule has 0 aliphatic heterocycles. The maximum Gasteiger partial charge on any atom is 0.451 e. The van der Waals surface area contributed by atoms with Crippen LogP contribution in [0.4, 0.5) is 13.2 Å². The van der Waals surface area contributed by atoms with Gasteiger partial charge in [-0.3, -0.25) is 4.68 Å². The van der Waals surface area contributed by atoms with E-state index in [0.29, 0.717) is 6.42 Å². The lowest BCUT2D eigenvalue weighted by molar-refractivity contribution is -0.141. The molecule has 4 nitrogen and oxygen atoms in total. The van der Waals surface area contributed by atoms with Crippen LogP contribution in [0, 0.1) is 0 Å². The Labute approximate surface area is 84.5 Å². The Morgan fingerprint density at radius 3 is 2.53 bits per heavy atom. The molecule has 0 saturated carbocycles. The van der Waals surface area contributed by atoms with Crippen LogP contribution in [0.3, 0.4) is 0 Å². The molecule has 1 aromatic heterocycles. The van der Waals surface area contributed by atoms with Crippen molar-refractivity contribution < 1.29 is 23.2 Å². The first kappa shape index (κ1) is 12.1. The zero-order valence-corrected chi connectivity index (χ0v) is 7.78. The average Bonchev–Trinajstić information content (AvgIpc) is 2.51. The zero-order valence-electron chi connectivity index (χ0n) is 7.78. The predicted octanol–water partition coefficient (Wildman–Crippen LogP) is 0.765. The predicted molar refractivity (Wildman–Crippen MR) is 46.8 cm³/mol. The third-order valence-corrected chi connectivity index (χ3v) is 1.78. The minimum atomic E-state index is -4.43. The summed E-state index contributed by atoms with van der Waals surface area (Å²) in [4.78, 5) is 0. The van der Waals surface area contributed by atoms with Crippen LogP contribution in [0.1, 0.15) is 12.1 Å². The molecule has 2 N–H and O–H groups in total. The van der Waals surface area contributed by atoms with Gasteiger partial charge in [0.15, 0.2) is 5.69 Å². The van der Waals surface area contributed by atoms with E-state index in [0.717, 1.165) is 10.7 Å². The number of aryl methyl sites for hydroxylation is 1. The topological polar surface area (TPSA) is 58.3 Å². The van der Waals surface area contributed by atoms with E-state index in [4.69, 9.17) is 10.0 Å². The van der Waals surface area contributed by atoms with E-state index in [-0.39, 0.29) is 12.9 Å². The Hall–Kier alpha value is -1.02. The van der Waals surface area contributed by atoms with Crippen molar-refractivity contribution in [2.45, 2.75) is 25.5 Å². The van der Waals surface area contributed by atoms with Gasteiger partial charge >= 0.3 is 13.3 Å². The second-order valence-electron chi connectivity index (χ2n) is 3.08. The Bertz CT molecular complexity index is 313. The Morgan fingerprint density at radius 2 is 2.07 bits per heavy atom. The highest BCUT2D eigenvalue weighted by Gasteiger charge is 2.33. The second kappa shape index (κ2) is 4.67.